The Morgan fingerprint density at radius 3 is 2.81 bits per heavy atom. The number of hydrogen-bond donors (Lipinski definition) is 2. The third-order valence-electron chi connectivity index (χ3n) is 2.87. The van der Waals surface area contributed by atoms with Crippen LogP contribution >= 0.6 is 0 Å². The molecule has 0 saturated carbocycles. The van der Waals surface area contributed by atoms with Crippen molar-refractivity contribution in [3.05, 3.63) is 65.0 Å². The van der Waals surface area contributed by atoms with Crippen LogP contribution in [0.1, 0.15) is 27.3 Å². The van der Waals surface area contributed by atoms with Crippen molar-refractivity contribution in [1.82, 2.24) is 10.3 Å². The number of nitrogens with zero attached hydrogens (tertiary/aromatic N) is 1. The van der Waals surface area contributed by atoms with Gasteiger partial charge in [-0.05, 0) is 31.2 Å². The number of benzene rings is 1. The second kappa shape index (κ2) is 7.22. The summed E-state index contributed by atoms with van der Waals surface area (Å²) in [7, 11) is 0. The minimum Gasteiger partial charge on any atom is -0.346 e. The maximum atomic E-state index is 12.2. The predicted molar refractivity (Wildman–Crippen MR) is 82.5 cm³/mol. The van der Waals surface area contributed by atoms with E-state index < -0.39 is 0 Å². The van der Waals surface area contributed by atoms with Crippen molar-refractivity contribution in [2.24, 2.45) is 5.73 Å². The van der Waals surface area contributed by atoms with E-state index in [1.165, 1.54) is 0 Å². The zero-order valence-corrected chi connectivity index (χ0v) is 11.9. The lowest BCUT2D eigenvalue weighted by Gasteiger charge is -2.07. The van der Waals surface area contributed by atoms with Crippen LogP contribution in [0.15, 0.2) is 42.5 Å². The van der Waals surface area contributed by atoms with Crippen LogP contribution < -0.4 is 11.1 Å². The molecule has 1 heterocycles. The van der Waals surface area contributed by atoms with E-state index in [9.17, 15) is 4.79 Å². The van der Waals surface area contributed by atoms with Gasteiger partial charge in [0.2, 0.25) is 0 Å². The van der Waals surface area contributed by atoms with Crippen LogP contribution in [-0.4, -0.2) is 17.4 Å². The van der Waals surface area contributed by atoms with Gasteiger partial charge < -0.3 is 11.1 Å². The molecule has 4 nitrogen and oxygen atoms in total. The highest BCUT2D eigenvalue weighted by Crippen LogP contribution is 2.07. The second-order valence-corrected chi connectivity index (χ2v) is 4.50. The van der Waals surface area contributed by atoms with Crippen LogP contribution in [0, 0.1) is 18.8 Å². The van der Waals surface area contributed by atoms with E-state index in [0.717, 1.165) is 11.4 Å². The maximum Gasteiger partial charge on any atom is 0.252 e. The average Bonchev–Trinajstić information content (AvgIpc) is 2.51. The Hall–Kier alpha value is -2.64. The van der Waals surface area contributed by atoms with Crippen LogP contribution in [0.3, 0.4) is 0 Å². The fourth-order valence-electron chi connectivity index (χ4n) is 1.90. The SMILES string of the molecule is Cc1cccc(CNC(=O)c2ccccc2C#CCN)n1. The Balaban J connectivity index is 2.10. The third kappa shape index (κ3) is 4.16. The van der Waals surface area contributed by atoms with Crippen molar-refractivity contribution >= 4 is 5.91 Å². The lowest BCUT2D eigenvalue weighted by Crippen LogP contribution is -2.24. The van der Waals surface area contributed by atoms with Crippen molar-refractivity contribution in [3.63, 3.8) is 0 Å². The van der Waals surface area contributed by atoms with Crippen LogP contribution in [0.5, 0.6) is 0 Å². The number of carbonyl (C=O) groups excluding carboxylic acids is 1. The molecule has 0 saturated heterocycles. The summed E-state index contributed by atoms with van der Waals surface area (Å²) in [6, 6.07) is 12.9. The summed E-state index contributed by atoms with van der Waals surface area (Å²) in [6.07, 6.45) is 0. The molecule has 1 amide bonds. The van der Waals surface area contributed by atoms with Gasteiger partial charge >= 0.3 is 0 Å². The van der Waals surface area contributed by atoms with Gasteiger partial charge in [-0.2, -0.15) is 0 Å². The quantitative estimate of drug-likeness (QED) is 0.839. The van der Waals surface area contributed by atoms with E-state index in [-0.39, 0.29) is 12.5 Å². The third-order valence-corrected chi connectivity index (χ3v) is 2.87. The van der Waals surface area contributed by atoms with Crippen molar-refractivity contribution in [2.75, 3.05) is 6.54 Å². The Bertz CT molecular complexity index is 698. The number of aromatic nitrogens is 1. The summed E-state index contributed by atoms with van der Waals surface area (Å²) >= 11 is 0. The number of pyridine rings is 1. The Morgan fingerprint density at radius 2 is 2.05 bits per heavy atom. The van der Waals surface area contributed by atoms with E-state index in [1.807, 2.05) is 43.3 Å². The minimum atomic E-state index is -0.166. The first-order valence-electron chi connectivity index (χ1n) is 6.69. The first-order valence-corrected chi connectivity index (χ1v) is 6.69. The highest BCUT2D eigenvalue weighted by atomic mass is 16.1. The summed E-state index contributed by atoms with van der Waals surface area (Å²) in [5.74, 6) is 5.51. The van der Waals surface area contributed by atoms with Crippen LogP contribution in [0.2, 0.25) is 0 Å². The number of nitrogens with one attached hydrogen (secondary N) is 1. The molecule has 0 radical (unpaired) electrons. The van der Waals surface area contributed by atoms with Gasteiger partial charge in [0.1, 0.15) is 0 Å². The zero-order valence-electron chi connectivity index (χ0n) is 11.9. The monoisotopic (exact) mass is 279 g/mol. The molecular weight excluding hydrogens is 262 g/mol. The number of aryl methyl sites for hydroxylation is 1. The molecule has 0 fully saturated rings. The van der Waals surface area contributed by atoms with E-state index in [2.05, 4.69) is 22.1 Å². The number of nitrogens with two attached hydrogens (primary N) is 1. The van der Waals surface area contributed by atoms with Crippen molar-refractivity contribution in [2.45, 2.75) is 13.5 Å². The van der Waals surface area contributed by atoms with Crippen LogP contribution in [0.4, 0.5) is 0 Å². The fraction of sp³-hybridized carbons (Fsp3) is 0.176. The number of hydrogen-bond acceptors (Lipinski definition) is 3. The average molecular weight is 279 g/mol. The molecule has 2 aromatic rings. The summed E-state index contributed by atoms with van der Waals surface area (Å²) in [5.41, 5.74) is 8.35. The van der Waals surface area contributed by atoms with Gasteiger partial charge in [-0.1, -0.05) is 30.0 Å². The van der Waals surface area contributed by atoms with E-state index >= 15 is 0 Å². The Morgan fingerprint density at radius 1 is 1.24 bits per heavy atom. The van der Waals surface area contributed by atoms with Crippen LogP contribution in [0.25, 0.3) is 0 Å². The van der Waals surface area contributed by atoms with Crippen LogP contribution in [-0.2, 0) is 6.54 Å². The van der Waals surface area contributed by atoms with E-state index in [1.54, 1.807) is 6.07 Å². The molecular formula is C17H17N3O. The molecule has 0 atom stereocenters. The fourth-order valence-corrected chi connectivity index (χ4v) is 1.90. The maximum absolute atomic E-state index is 12.2. The molecule has 1 aromatic carbocycles. The van der Waals surface area contributed by atoms with Crippen molar-refractivity contribution < 1.29 is 4.79 Å². The zero-order chi connectivity index (χ0) is 15.1. The van der Waals surface area contributed by atoms with Gasteiger partial charge in [-0.15, -0.1) is 0 Å². The lowest BCUT2D eigenvalue weighted by atomic mass is 10.1. The lowest BCUT2D eigenvalue weighted by molar-refractivity contribution is 0.0950. The highest BCUT2D eigenvalue weighted by molar-refractivity contribution is 5.96. The summed E-state index contributed by atoms with van der Waals surface area (Å²) < 4.78 is 0. The Kier molecular flexibility index (Phi) is 5.08. The number of carbonyl (C=O) groups is 1. The molecule has 106 valence electrons. The predicted octanol–water partition coefficient (Wildman–Crippen LogP) is 1.63. The largest absolute Gasteiger partial charge is 0.346 e. The molecule has 1 aromatic heterocycles. The molecule has 4 heteroatoms. The molecule has 0 bridgehead atoms. The molecule has 21 heavy (non-hydrogen) atoms. The molecule has 0 aliphatic heterocycles. The van der Waals surface area contributed by atoms with Gasteiger partial charge in [0.15, 0.2) is 0 Å². The number of amides is 1. The van der Waals surface area contributed by atoms with Gasteiger partial charge in [-0.3, -0.25) is 9.78 Å². The number of rotatable bonds is 3. The topological polar surface area (TPSA) is 68.0 Å². The standard InChI is InChI=1S/C17H17N3O/c1-13-6-4-9-15(20-13)12-19-17(21)16-10-3-2-7-14(16)8-5-11-18/h2-4,6-7,9-10H,11-12,18H2,1H3,(H,19,21). The molecule has 0 spiro atoms. The first-order chi connectivity index (χ1) is 10.2. The molecule has 2 rings (SSSR count). The summed E-state index contributed by atoms with van der Waals surface area (Å²) in [4.78, 5) is 16.6. The second-order valence-electron chi connectivity index (χ2n) is 4.50. The molecule has 0 aliphatic rings. The summed E-state index contributed by atoms with van der Waals surface area (Å²) in [6.45, 7) is 2.57. The normalized spacial score (nSPS) is 9.62. The first kappa shape index (κ1) is 14.8. The highest BCUT2D eigenvalue weighted by Gasteiger charge is 2.09. The summed E-state index contributed by atoms with van der Waals surface area (Å²) in [5, 5.41) is 2.86. The molecule has 0 aliphatic carbocycles. The van der Waals surface area contributed by atoms with E-state index in [4.69, 9.17) is 5.73 Å². The molecule has 3 N–H and O–H groups in total. The van der Waals surface area contributed by atoms with Crippen molar-refractivity contribution in [1.29, 1.82) is 0 Å². The van der Waals surface area contributed by atoms with Gasteiger partial charge in [-0.25, -0.2) is 0 Å². The molecule has 0 unspecified atom stereocenters. The van der Waals surface area contributed by atoms with E-state index in [0.29, 0.717) is 17.7 Å². The van der Waals surface area contributed by atoms with Gasteiger partial charge in [0, 0.05) is 11.3 Å². The van der Waals surface area contributed by atoms with Gasteiger partial charge in [0.25, 0.3) is 5.91 Å². The van der Waals surface area contributed by atoms with Crippen molar-refractivity contribution in [3.8, 4) is 11.8 Å². The Labute approximate surface area is 124 Å². The minimum absolute atomic E-state index is 0.166. The smallest absolute Gasteiger partial charge is 0.252 e. The van der Waals surface area contributed by atoms with Gasteiger partial charge in [0.05, 0.1) is 24.3 Å².